The molecular weight excluding hydrogens is 338 g/mol. The Morgan fingerprint density at radius 2 is 1.96 bits per heavy atom. The van der Waals surface area contributed by atoms with E-state index in [-0.39, 0.29) is 29.3 Å². The molecule has 26 heavy (non-hydrogen) atoms. The van der Waals surface area contributed by atoms with Crippen LogP contribution in [0.1, 0.15) is 41.7 Å². The molecule has 7 nitrogen and oxygen atoms in total. The first kappa shape index (κ1) is 18.0. The van der Waals surface area contributed by atoms with Crippen LogP contribution < -0.4 is 4.74 Å². The largest absolute Gasteiger partial charge is 0.490 e. The van der Waals surface area contributed by atoms with Gasteiger partial charge in [-0.3, -0.25) is 4.79 Å². The van der Waals surface area contributed by atoms with Crippen LogP contribution in [-0.2, 0) is 9.53 Å². The molecule has 1 aliphatic carbocycles. The summed E-state index contributed by atoms with van der Waals surface area (Å²) in [5, 5.41) is 13.0. The minimum atomic E-state index is -1.07. The van der Waals surface area contributed by atoms with Gasteiger partial charge in [-0.2, -0.15) is 0 Å². The van der Waals surface area contributed by atoms with E-state index in [1.165, 1.54) is 7.11 Å². The molecule has 1 aliphatic rings. The number of aryl methyl sites for hydroxylation is 1. The van der Waals surface area contributed by atoms with Gasteiger partial charge in [-0.15, -0.1) is 0 Å². The number of aromatic carboxylic acids is 1. The fraction of sp³-hybridized carbons (Fsp3) is 0.421. The molecule has 3 rings (SSSR count). The quantitative estimate of drug-likeness (QED) is 0.816. The van der Waals surface area contributed by atoms with Crippen molar-refractivity contribution >= 4 is 11.9 Å². The van der Waals surface area contributed by atoms with Gasteiger partial charge in [0.25, 0.3) is 0 Å². The lowest BCUT2D eigenvalue weighted by atomic mass is 9.87. The van der Waals surface area contributed by atoms with Gasteiger partial charge in [-0.25, -0.2) is 4.79 Å². The molecule has 1 heterocycles. The van der Waals surface area contributed by atoms with Gasteiger partial charge < -0.3 is 19.1 Å². The van der Waals surface area contributed by atoms with Gasteiger partial charge in [0.15, 0.2) is 5.76 Å². The third kappa shape index (κ3) is 3.71. The fourth-order valence-corrected chi connectivity index (χ4v) is 3.33. The molecule has 0 amide bonds. The maximum Gasteiger partial charge on any atom is 0.341 e. The summed E-state index contributed by atoms with van der Waals surface area (Å²) < 4.78 is 16.0. The Morgan fingerprint density at radius 3 is 2.62 bits per heavy atom. The van der Waals surface area contributed by atoms with E-state index in [0.717, 1.165) is 19.3 Å². The third-order valence-electron chi connectivity index (χ3n) is 4.66. The Hall–Kier alpha value is -2.83. The second kappa shape index (κ2) is 7.59. The number of esters is 1. The van der Waals surface area contributed by atoms with E-state index < -0.39 is 5.97 Å². The molecule has 1 N–H and O–H groups in total. The molecule has 0 saturated heterocycles. The van der Waals surface area contributed by atoms with E-state index in [9.17, 15) is 14.7 Å². The van der Waals surface area contributed by atoms with Crippen LogP contribution in [0.5, 0.6) is 5.75 Å². The van der Waals surface area contributed by atoms with Crippen molar-refractivity contribution in [1.82, 2.24) is 5.16 Å². The first-order valence-electron chi connectivity index (χ1n) is 8.54. The van der Waals surface area contributed by atoms with E-state index in [1.54, 1.807) is 31.2 Å². The van der Waals surface area contributed by atoms with Crippen molar-refractivity contribution in [2.75, 3.05) is 7.11 Å². The molecule has 2 atom stereocenters. The molecule has 0 spiro atoms. The zero-order chi connectivity index (χ0) is 18.7. The standard InChI is InChI=1S/C19H21NO6/c1-11-16(18(21)22)17(26-20-11)12-6-8-14(9-7-12)25-15-5-3-4-13(10-15)19(23)24-2/h6-9,13,15H,3-5,10H2,1-2H3,(H,21,22)/t13-,15-/m0/s1. The predicted molar refractivity (Wildman–Crippen MR) is 92.0 cm³/mol. The Morgan fingerprint density at radius 1 is 1.23 bits per heavy atom. The number of hydrogen-bond acceptors (Lipinski definition) is 6. The number of aromatic nitrogens is 1. The van der Waals surface area contributed by atoms with E-state index >= 15 is 0 Å². The molecule has 2 aromatic rings. The number of hydrogen-bond donors (Lipinski definition) is 1. The van der Waals surface area contributed by atoms with E-state index in [1.807, 2.05) is 0 Å². The van der Waals surface area contributed by atoms with Crippen LogP contribution in [-0.4, -0.2) is 35.4 Å². The maximum absolute atomic E-state index is 11.7. The highest BCUT2D eigenvalue weighted by Crippen LogP contribution is 2.31. The Labute approximate surface area is 150 Å². The van der Waals surface area contributed by atoms with E-state index in [0.29, 0.717) is 23.4 Å². The van der Waals surface area contributed by atoms with Crippen LogP contribution >= 0.6 is 0 Å². The van der Waals surface area contributed by atoms with Gasteiger partial charge in [0.2, 0.25) is 0 Å². The van der Waals surface area contributed by atoms with Crippen molar-refractivity contribution in [3.05, 3.63) is 35.5 Å². The molecule has 1 aromatic carbocycles. The van der Waals surface area contributed by atoms with Crippen LogP contribution in [0.15, 0.2) is 28.8 Å². The average Bonchev–Trinajstić information content (AvgIpc) is 3.03. The summed E-state index contributed by atoms with van der Waals surface area (Å²) >= 11 is 0. The number of rotatable bonds is 5. The maximum atomic E-state index is 11.7. The third-order valence-corrected chi connectivity index (χ3v) is 4.66. The number of methoxy groups -OCH3 is 1. The molecule has 1 saturated carbocycles. The first-order chi connectivity index (χ1) is 12.5. The van der Waals surface area contributed by atoms with Crippen molar-refractivity contribution in [2.45, 2.75) is 38.7 Å². The van der Waals surface area contributed by atoms with Gasteiger partial charge in [-0.05, 0) is 56.9 Å². The molecule has 138 valence electrons. The van der Waals surface area contributed by atoms with Crippen molar-refractivity contribution < 1.29 is 28.7 Å². The van der Waals surface area contributed by atoms with E-state index in [4.69, 9.17) is 14.0 Å². The van der Waals surface area contributed by atoms with Gasteiger partial charge in [0, 0.05) is 5.56 Å². The van der Waals surface area contributed by atoms with Gasteiger partial charge in [0.1, 0.15) is 11.3 Å². The zero-order valence-corrected chi connectivity index (χ0v) is 14.7. The Bertz CT molecular complexity index is 795. The van der Waals surface area contributed by atoms with Crippen LogP contribution in [0, 0.1) is 12.8 Å². The lowest BCUT2D eigenvalue weighted by molar-refractivity contribution is -0.147. The average molecular weight is 359 g/mol. The lowest BCUT2D eigenvalue weighted by Gasteiger charge is -2.28. The van der Waals surface area contributed by atoms with Gasteiger partial charge in [-0.1, -0.05) is 5.16 Å². The summed E-state index contributed by atoms with van der Waals surface area (Å²) in [6.07, 6.45) is 3.23. The summed E-state index contributed by atoms with van der Waals surface area (Å²) in [6, 6.07) is 7.01. The Balaban J connectivity index is 1.70. The van der Waals surface area contributed by atoms with Crippen LogP contribution in [0.3, 0.4) is 0 Å². The molecule has 1 fully saturated rings. The monoisotopic (exact) mass is 359 g/mol. The highest BCUT2D eigenvalue weighted by Gasteiger charge is 2.29. The molecule has 0 radical (unpaired) electrons. The highest BCUT2D eigenvalue weighted by atomic mass is 16.5. The zero-order valence-electron chi connectivity index (χ0n) is 14.7. The van der Waals surface area contributed by atoms with Crippen molar-refractivity contribution in [3.63, 3.8) is 0 Å². The number of carbonyl (C=O) groups excluding carboxylic acids is 1. The minimum absolute atomic E-state index is 0.0409. The fourth-order valence-electron chi connectivity index (χ4n) is 3.33. The smallest absolute Gasteiger partial charge is 0.341 e. The summed E-state index contributed by atoms with van der Waals surface area (Å²) in [5.41, 5.74) is 1.02. The second-order valence-corrected chi connectivity index (χ2v) is 6.43. The predicted octanol–water partition coefficient (Wildman–Crippen LogP) is 3.46. The van der Waals surface area contributed by atoms with E-state index in [2.05, 4.69) is 5.16 Å². The molecule has 7 heteroatoms. The first-order valence-corrected chi connectivity index (χ1v) is 8.54. The summed E-state index contributed by atoms with van der Waals surface area (Å²) in [5.74, 6) is -0.485. The topological polar surface area (TPSA) is 98.9 Å². The Kier molecular flexibility index (Phi) is 5.25. The van der Waals surface area contributed by atoms with Crippen molar-refractivity contribution in [2.24, 2.45) is 5.92 Å². The molecule has 0 aliphatic heterocycles. The van der Waals surface area contributed by atoms with Crippen LogP contribution in [0.2, 0.25) is 0 Å². The van der Waals surface area contributed by atoms with Crippen LogP contribution in [0.4, 0.5) is 0 Å². The number of carboxylic acid groups (broad SMARTS) is 1. The van der Waals surface area contributed by atoms with Gasteiger partial charge in [0.05, 0.1) is 24.8 Å². The summed E-state index contributed by atoms with van der Waals surface area (Å²) in [4.78, 5) is 23.1. The highest BCUT2D eigenvalue weighted by molar-refractivity contribution is 5.95. The van der Waals surface area contributed by atoms with Crippen LogP contribution in [0.25, 0.3) is 11.3 Å². The normalized spacial score (nSPS) is 19.8. The summed E-state index contributed by atoms with van der Waals surface area (Å²) in [6.45, 7) is 1.59. The molecule has 0 bridgehead atoms. The minimum Gasteiger partial charge on any atom is -0.490 e. The second-order valence-electron chi connectivity index (χ2n) is 6.43. The van der Waals surface area contributed by atoms with Crippen molar-refractivity contribution in [3.8, 4) is 17.1 Å². The number of carbonyl (C=O) groups is 2. The molecule has 1 aromatic heterocycles. The number of carboxylic acids is 1. The lowest BCUT2D eigenvalue weighted by Crippen LogP contribution is -2.30. The summed E-state index contributed by atoms with van der Waals surface area (Å²) in [7, 11) is 1.40. The number of benzene rings is 1. The van der Waals surface area contributed by atoms with Gasteiger partial charge >= 0.3 is 11.9 Å². The number of nitrogens with zero attached hydrogens (tertiary/aromatic N) is 1. The molecule has 0 unspecified atom stereocenters. The van der Waals surface area contributed by atoms with Crippen molar-refractivity contribution in [1.29, 1.82) is 0 Å². The SMILES string of the molecule is COC(=O)[C@H]1CCC[C@H](Oc2ccc(-c3onc(C)c3C(=O)O)cc2)C1. The number of ether oxygens (including phenoxy) is 2. The molecular formula is C19H21NO6.